The Balaban J connectivity index is 0.953. The highest BCUT2D eigenvalue weighted by Gasteiger charge is 2.25. The molecule has 0 spiro atoms. The molecule has 68 heavy (non-hydrogen) atoms. The van der Waals surface area contributed by atoms with Crippen LogP contribution in [0.4, 0.5) is 0 Å². The summed E-state index contributed by atoms with van der Waals surface area (Å²) in [5.74, 6) is 2.67. The second-order valence-electron chi connectivity index (χ2n) is 17.2. The molecule has 0 radical (unpaired) electrons. The van der Waals surface area contributed by atoms with Crippen molar-refractivity contribution in [2.75, 3.05) is 0 Å². The van der Waals surface area contributed by atoms with Crippen molar-refractivity contribution in [3.8, 4) is 62.4 Å². The topological polar surface area (TPSA) is 70.8 Å². The molecule has 5 aromatic heterocycles. The highest BCUT2D eigenvalue weighted by atomic mass is 15.2. The smallest absolute Gasteiger partial charge is 0.238 e. The van der Waals surface area contributed by atoms with Crippen molar-refractivity contribution >= 4 is 60.7 Å². The molecule has 0 N–H and O–H groups in total. The number of nitrogens with zero attached hydrogens (tertiary/aromatic N) is 8. The Morgan fingerprint density at radius 2 is 0.765 bits per heavy atom. The van der Waals surface area contributed by atoms with Crippen LogP contribution in [0.25, 0.3) is 123 Å². The summed E-state index contributed by atoms with van der Waals surface area (Å²) in [5, 5.41) is 3.37. The molecule has 14 rings (SSSR count). The normalized spacial score (nSPS) is 11.8. The van der Waals surface area contributed by atoms with Gasteiger partial charge in [0.15, 0.2) is 17.3 Å². The zero-order valence-corrected chi connectivity index (χ0v) is 36.5. The van der Waals surface area contributed by atoms with Crippen molar-refractivity contribution in [3.05, 3.63) is 231 Å². The van der Waals surface area contributed by atoms with Crippen LogP contribution in [0.15, 0.2) is 231 Å². The van der Waals surface area contributed by atoms with Crippen molar-refractivity contribution < 1.29 is 0 Å². The molecule has 0 saturated heterocycles. The Kier molecular flexibility index (Phi) is 8.41. The zero-order valence-electron chi connectivity index (χ0n) is 36.5. The number of rotatable bonds is 7. The van der Waals surface area contributed by atoms with E-state index in [0.29, 0.717) is 17.6 Å². The van der Waals surface area contributed by atoms with Crippen LogP contribution >= 0.6 is 0 Å². The Labute approximate surface area is 389 Å². The third-order valence-corrected chi connectivity index (χ3v) is 13.3. The minimum atomic E-state index is 0.568. The van der Waals surface area contributed by atoms with E-state index in [-0.39, 0.29) is 0 Å². The van der Waals surface area contributed by atoms with Crippen molar-refractivity contribution in [2.24, 2.45) is 0 Å². The van der Waals surface area contributed by atoms with Gasteiger partial charge in [-0.1, -0.05) is 170 Å². The van der Waals surface area contributed by atoms with E-state index >= 15 is 0 Å². The lowest BCUT2D eigenvalue weighted by molar-refractivity contribution is 0.953. The van der Waals surface area contributed by atoms with Gasteiger partial charge in [0.25, 0.3) is 0 Å². The van der Waals surface area contributed by atoms with Crippen LogP contribution in [0.5, 0.6) is 0 Å². The maximum atomic E-state index is 5.55. The maximum absolute atomic E-state index is 5.55. The van der Waals surface area contributed by atoms with E-state index in [9.17, 15) is 0 Å². The van der Waals surface area contributed by atoms with E-state index in [2.05, 4.69) is 188 Å². The molecule has 9 aromatic carbocycles. The number of hydrogen-bond donors (Lipinski definition) is 0. The van der Waals surface area contributed by atoms with Gasteiger partial charge in [0.05, 0.1) is 27.6 Å². The minimum Gasteiger partial charge on any atom is -0.292 e. The molecule has 8 heteroatoms. The van der Waals surface area contributed by atoms with E-state index in [1.165, 1.54) is 11.1 Å². The van der Waals surface area contributed by atoms with Gasteiger partial charge in [0, 0.05) is 38.7 Å². The molecule has 0 atom stereocenters. The Bertz CT molecular complexity index is 4170. The molecule has 0 aliphatic heterocycles. The van der Waals surface area contributed by atoms with Crippen LogP contribution in [0.2, 0.25) is 0 Å². The molecule has 318 valence electrons. The predicted molar refractivity (Wildman–Crippen MR) is 276 cm³/mol. The first-order valence-electron chi connectivity index (χ1n) is 22.8. The van der Waals surface area contributed by atoms with Gasteiger partial charge in [-0.3, -0.25) is 18.1 Å². The van der Waals surface area contributed by atoms with Gasteiger partial charge >= 0.3 is 0 Å². The van der Waals surface area contributed by atoms with E-state index < -0.39 is 0 Å². The van der Waals surface area contributed by atoms with Gasteiger partial charge in [-0.15, -0.1) is 0 Å². The third-order valence-electron chi connectivity index (χ3n) is 13.3. The molecule has 0 aliphatic carbocycles. The fourth-order valence-corrected chi connectivity index (χ4v) is 10.1. The first-order valence-corrected chi connectivity index (χ1v) is 22.8. The lowest BCUT2D eigenvalue weighted by atomic mass is 10.0. The van der Waals surface area contributed by atoms with E-state index in [4.69, 9.17) is 19.9 Å². The summed E-state index contributed by atoms with van der Waals surface area (Å²) in [7, 11) is 0. The summed E-state index contributed by atoms with van der Waals surface area (Å²) in [6, 6.07) is 80.9. The predicted octanol–water partition coefficient (Wildman–Crippen LogP) is 14.3. The molecule has 0 unspecified atom stereocenters. The molecular formula is C60H38N8. The maximum Gasteiger partial charge on any atom is 0.238 e. The van der Waals surface area contributed by atoms with Crippen LogP contribution in [-0.4, -0.2) is 38.0 Å². The monoisotopic (exact) mass is 870 g/mol. The van der Waals surface area contributed by atoms with Gasteiger partial charge in [0.1, 0.15) is 5.52 Å². The average molecular weight is 871 g/mol. The zero-order chi connectivity index (χ0) is 44.7. The van der Waals surface area contributed by atoms with Crippen LogP contribution in [0.3, 0.4) is 0 Å². The van der Waals surface area contributed by atoms with Crippen LogP contribution in [0.1, 0.15) is 0 Å². The molecule has 14 aromatic rings. The van der Waals surface area contributed by atoms with Crippen molar-refractivity contribution in [1.82, 2.24) is 38.0 Å². The van der Waals surface area contributed by atoms with Gasteiger partial charge < -0.3 is 0 Å². The summed E-state index contributed by atoms with van der Waals surface area (Å²) in [6.45, 7) is 0. The molecule has 8 nitrogen and oxygen atoms in total. The molecule has 0 saturated carbocycles. The summed E-state index contributed by atoms with van der Waals surface area (Å²) in [5.41, 5.74) is 15.8. The number of hydrogen-bond acceptors (Lipinski definition) is 4. The van der Waals surface area contributed by atoms with Gasteiger partial charge in [0.2, 0.25) is 11.7 Å². The first kappa shape index (κ1) is 37.9. The average Bonchev–Trinajstić information content (AvgIpc) is 4.14. The summed E-state index contributed by atoms with van der Waals surface area (Å²) >= 11 is 0. The molecule has 5 heterocycles. The quantitative estimate of drug-likeness (QED) is 0.160. The lowest BCUT2D eigenvalue weighted by Gasteiger charge is -2.11. The fourth-order valence-electron chi connectivity index (χ4n) is 10.1. The molecule has 0 amide bonds. The van der Waals surface area contributed by atoms with Crippen molar-refractivity contribution in [3.63, 3.8) is 0 Å². The molecular weight excluding hydrogens is 833 g/mol. The molecule has 0 fully saturated rings. The van der Waals surface area contributed by atoms with E-state index in [1.54, 1.807) is 0 Å². The Hall–Kier alpha value is -9.40. The highest BCUT2D eigenvalue weighted by molar-refractivity contribution is 6.12. The van der Waals surface area contributed by atoms with Gasteiger partial charge in [-0.2, -0.15) is 15.0 Å². The second kappa shape index (κ2) is 15.1. The first-order chi connectivity index (χ1) is 33.7. The summed E-state index contributed by atoms with van der Waals surface area (Å²) < 4.78 is 9.12. The molecule has 0 aliphatic rings. The van der Waals surface area contributed by atoms with Gasteiger partial charge in [-0.25, -0.2) is 4.98 Å². The Morgan fingerprint density at radius 1 is 0.279 bits per heavy atom. The third kappa shape index (κ3) is 5.87. The number of benzene rings is 9. The Morgan fingerprint density at radius 3 is 1.43 bits per heavy atom. The minimum absolute atomic E-state index is 0.568. The van der Waals surface area contributed by atoms with E-state index in [0.717, 1.165) is 94.3 Å². The summed E-state index contributed by atoms with van der Waals surface area (Å²) in [6.07, 6.45) is 0. The standard InChI is InChI=1S/C60H38N8/c1-5-17-39(18-6-1)40-29-33-46(34-30-40)65-51-28-16-14-26-48(51)55-58(65)64-60-66(45-23-11-4-12-24-45)54-38-44(32-36-53(54)68(55)60)43-31-35-52-49(37-43)47-25-13-15-27-50(47)67(52)59-62-56(41-19-7-2-8-20-41)61-57(63-59)42-21-9-3-10-22-42/h1-38H. The molecule has 0 bridgehead atoms. The highest BCUT2D eigenvalue weighted by Crippen LogP contribution is 2.40. The largest absolute Gasteiger partial charge is 0.292 e. The lowest BCUT2D eigenvalue weighted by Crippen LogP contribution is -2.06. The number of aromatic nitrogens is 8. The second-order valence-corrected chi connectivity index (χ2v) is 17.2. The van der Waals surface area contributed by atoms with Gasteiger partial charge in [-0.05, 0) is 82.9 Å². The summed E-state index contributed by atoms with van der Waals surface area (Å²) in [4.78, 5) is 20.8. The van der Waals surface area contributed by atoms with Crippen molar-refractivity contribution in [1.29, 1.82) is 0 Å². The fraction of sp³-hybridized carbons (Fsp3) is 0. The van der Waals surface area contributed by atoms with Crippen LogP contribution in [0, 0.1) is 0 Å². The number of para-hydroxylation sites is 3. The van der Waals surface area contributed by atoms with Crippen molar-refractivity contribution in [2.45, 2.75) is 0 Å². The van der Waals surface area contributed by atoms with E-state index in [1.807, 2.05) is 60.7 Å². The number of imidazole rings is 2. The van der Waals surface area contributed by atoms with Crippen LogP contribution < -0.4 is 0 Å². The number of fused-ring (bicyclic) bond motifs is 10. The SMILES string of the molecule is c1ccc(-c2ccc(-n3c4ccccc4c4c3nc3n(-c5ccccc5)c5cc(-c6ccc7c(c6)c6ccccc6n7-c6nc(-c7ccccc7)nc(-c7ccccc7)n6)ccc5n43)cc2)cc1. The van der Waals surface area contributed by atoms with Crippen LogP contribution in [-0.2, 0) is 0 Å².